The van der Waals surface area contributed by atoms with E-state index < -0.39 is 0 Å². The van der Waals surface area contributed by atoms with Crippen LogP contribution < -0.4 is 11.1 Å². The summed E-state index contributed by atoms with van der Waals surface area (Å²) < 4.78 is 1.87. The normalized spacial score (nSPS) is 12.0. The molecule has 5 nitrogen and oxygen atoms in total. The highest BCUT2D eigenvalue weighted by Gasteiger charge is 2.24. The van der Waals surface area contributed by atoms with Crippen LogP contribution in [0.1, 0.15) is 63.5 Å². The van der Waals surface area contributed by atoms with E-state index in [9.17, 15) is 4.79 Å². The standard InChI is InChI=1S/C15H28N4O.ClH/c1-7-15(16,8-2)10-17-13(20)12-9-18-19(11(12)3)14(4,5)6;/h9H,7-8,10,16H2,1-6H3,(H,17,20);1H. The molecule has 1 heterocycles. The third kappa shape index (κ3) is 4.71. The van der Waals surface area contributed by atoms with E-state index in [0.29, 0.717) is 12.1 Å². The maximum atomic E-state index is 12.3. The van der Waals surface area contributed by atoms with Gasteiger partial charge in [-0.15, -0.1) is 12.4 Å². The second kappa shape index (κ2) is 7.27. The van der Waals surface area contributed by atoms with Crippen LogP contribution in [0, 0.1) is 6.92 Å². The molecule has 0 saturated heterocycles. The highest BCUT2D eigenvalue weighted by molar-refractivity contribution is 5.95. The minimum absolute atomic E-state index is 0. The maximum absolute atomic E-state index is 12.3. The SMILES string of the molecule is CCC(N)(CC)CNC(=O)c1cnn(C(C)(C)C)c1C.Cl. The zero-order valence-electron chi connectivity index (χ0n) is 14.0. The fraction of sp³-hybridized carbons (Fsp3) is 0.733. The number of hydrogen-bond acceptors (Lipinski definition) is 3. The third-order valence-electron chi connectivity index (χ3n) is 3.90. The molecule has 0 aliphatic rings. The fourth-order valence-electron chi connectivity index (χ4n) is 2.16. The molecule has 21 heavy (non-hydrogen) atoms. The van der Waals surface area contributed by atoms with Crippen LogP contribution in [0.15, 0.2) is 6.20 Å². The van der Waals surface area contributed by atoms with Crippen molar-refractivity contribution in [2.75, 3.05) is 6.54 Å². The molecule has 0 saturated carbocycles. The zero-order chi connectivity index (χ0) is 15.6. The number of aromatic nitrogens is 2. The molecule has 1 aromatic heterocycles. The lowest BCUT2D eigenvalue weighted by atomic mass is 9.94. The monoisotopic (exact) mass is 316 g/mol. The first-order valence-electron chi connectivity index (χ1n) is 7.27. The summed E-state index contributed by atoms with van der Waals surface area (Å²) in [5.41, 5.74) is 7.24. The van der Waals surface area contributed by atoms with Gasteiger partial charge in [0.1, 0.15) is 0 Å². The lowest BCUT2D eigenvalue weighted by molar-refractivity contribution is 0.0941. The predicted octanol–water partition coefficient (Wildman–Crippen LogP) is 2.62. The van der Waals surface area contributed by atoms with E-state index in [-0.39, 0.29) is 29.4 Å². The van der Waals surface area contributed by atoms with Gasteiger partial charge in [-0.2, -0.15) is 5.10 Å². The van der Waals surface area contributed by atoms with Gasteiger partial charge in [0.15, 0.2) is 0 Å². The summed E-state index contributed by atoms with van der Waals surface area (Å²) in [6, 6.07) is 0. The van der Waals surface area contributed by atoms with Crippen molar-refractivity contribution in [1.82, 2.24) is 15.1 Å². The number of nitrogens with one attached hydrogen (secondary N) is 1. The molecule has 0 unspecified atom stereocenters. The lowest BCUT2D eigenvalue weighted by Gasteiger charge is -2.26. The quantitative estimate of drug-likeness (QED) is 0.877. The van der Waals surface area contributed by atoms with Crippen LogP contribution in [0.5, 0.6) is 0 Å². The number of nitrogens with two attached hydrogens (primary N) is 1. The Morgan fingerprint density at radius 3 is 2.24 bits per heavy atom. The smallest absolute Gasteiger partial charge is 0.254 e. The van der Waals surface area contributed by atoms with Crippen molar-refractivity contribution in [3.05, 3.63) is 17.5 Å². The van der Waals surface area contributed by atoms with Crippen LogP contribution in [-0.4, -0.2) is 27.8 Å². The van der Waals surface area contributed by atoms with E-state index in [2.05, 4.69) is 31.2 Å². The Morgan fingerprint density at radius 2 is 1.86 bits per heavy atom. The van der Waals surface area contributed by atoms with Gasteiger partial charge in [0.25, 0.3) is 5.91 Å². The van der Waals surface area contributed by atoms with Gasteiger partial charge in [0.2, 0.25) is 0 Å². The lowest BCUT2D eigenvalue weighted by Crippen LogP contribution is -2.49. The van der Waals surface area contributed by atoms with E-state index >= 15 is 0 Å². The summed E-state index contributed by atoms with van der Waals surface area (Å²) >= 11 is 0. The fourth-order valence-corrected chi connectivity index (χ4v) is 2.16. The van der Waals surface area contributed by atoms with Gasteiger partial charge in [0.05, 0.1) is 17.3 Å². The Labute approximate surface area is 134 Å². The van der Waals surface area contributed by atoms with Gasteiger partial charge >= 0.3 is 0 Å². The maximum Gasteiger partial charge on any atom is 0.254 e. The van der Waals surface area contributed by atoms with E-state index in [0.717, 1.165) is 18.5 Å². The molecule has 0 spiro atoms. The second-order valence-electron chi connectivity index (χ2n) is 6.48. The van der Waals surface area contributed by atoms with Gasteiger partial charge in [-0.25, -0.2) is 0 Å². The number of halogens is 1. The second-order valence-corrected chi connectivity index (χ2v) is 6.48. The topological polar surface area (TPSA) is 72.9 Å². The van der Waals surface area contributed by atoms with Gasteiger partial charge < -0.3 is 11.1 Å². The van der Waals surface area contributed by atoms with Crippen LogP contribution in [-0.2, 0) is 5.54 Å². The number of nitrogens with zero attached hydrogens (tertiary/aromatic N) is 2. The summed E-state index contributed by atoms with van der Waals surface area (Å²) in [5.74, 6) is -0.102. The van der Waals surface area contributed by atoms with Crippen molar-refractivity contribution in [2.45, 2.75) is 65.5 Å². The van der Waals surface area contributed by atoms with Gasteiger partial charge in [-0.1, -0.05) is 13.8 Å². The molecule has 0 aliphatic heterocycles. The van der Waals surface area contributed by atoms with Gasteiger partial charge in [0, 0.05) is 17.8 Å². The summed E-state index contributed by atoms with van der Waals surface area (Å²) in [7, 11) is 0. The average Bonchev–Trinajstić information content (AvgIpc) is 2.77. The molecule has 0 aromatic carbocycles. The molecule has 1 rings (SSSR count). The Kier molecular flexibility index (Phi) is 6.90. The van der Waals surface area contributed by atoms with Crippen LogP contribution in [0.2, 0.25) is 0 Å². The summed E-state index contributed by atoms with van der Waals surface area (Å²) in [6.45, 7) is 12.7. The highest BCUT2D eigenvalue weighted by Crippen LogP contribution is 2.18. The first-order chi connectivity index (χ1) is 9.14. The van der Waals surface area contributed by atoms with Crippen molar-refractivity contribution in [2.24, 2.45) is 5.73 Å². The number of amides is 1. The largest absolute Gasteiger partial charge is 0.350 e. The minimum Gasteiger partial charge on any atom is -0.350 e. The molecule has 6 heteroatoms. The molecule has 0 aliphatic carbocycles. The molecule has 3 N–H and O–H groups in total. The number of rotatable bonds is 5. The number of carbonyl (C=O) groups is 1. The van der Waals surface area contributed by atoms with Crippen LogP contribution >= 0.6 is 12.4 Å². The van der Waals surface area contributed by atoms with E-state index in [1.807, 2.05) is 25.5 Å². The molecular formula is C15H29ClN4O. The predicted molar refractivity (Wildman–Crippen MR) is 89.0 cm³/mol. The average molecular weight is 317 g/mol. The minimum atomic E-state index is -0.330. The van der Waals surface area contributed by atoms with Gasteiger partial charge in [-0.3, -0.25) is 9.48 Å². The van der Waals surface area contributed by atoms with Crippen molar-refractivity contribution in [1.29, 1.82) is 0 Å². The number of carbonyl (C=O) groups excluding carboxylic acids is 1. The van der Waals surface area contributed by atoms with E-state index in [1.165, 1.54) is 0 Å². The van der Waals surface area contributed by atoms with Gasteiger partial charge in [-0.05, 0) is 40.5 Å². The Bertz CT molecular complexity index is 473. The van der Waals surface area contributed by atoms with E-state index in [4.69, 9.17) is 5.73 Å². The Hall–Kier alpha value is -1.07. The van der Waals surface area contributed by atoms with Crippen molar-refractivity contribution < 1.29 is 4.79 Å². The van der Waals surface area contributed by atoms with Crippen LogP contribution in [0.25, 0.3) is 0 Å². The first-order valence-corrected chi connectivity index (χ1v) is 7.27. The Morgan fingerprint density at radius 1 is 1.33 bits per heavy atom. The number of hydrogen-bond donors (Lipinski definition) is 2. The molecule has 122 valence electrons. The molecule has 0 fully saturated rings. The van der Waals surface area contributed by atoms with Crippen molar-refractivity contribution in [3.8, 4) is 0 Å². The first kappa shape index (κ1) is 19.9. The molecule has 0 bridgehead atoms. The third-order valence-corrected chi connectivity index (χ3v) is 3.90. The van der Waals surface area contributed by atoms with Crippen molar-refractivity contribution >= 4 is 18.3 Å². The Balaban J connectivity index is 0.00000400. The summed E-state index contributed by atoms with van der Waals surface area (Å²) in [5, 5.41) is 7.25. The molecule has 1 aromatic rings. The highest BCUT2D eigenvalue weighted by atomic mass is 35.5. The van der Waals surface area contributed by atoms with E-state index in [1.54, 1.807) is 6.20 Å². The summed E-state index contributed by atoms with van der Waals surface area (Å²) in [6.07, 6.45) is 3.31. The summed E-state index contributed by atoms with van der Waals surface area (Å²) in [4.78, 5) is 12.3. The molecule has 1 amide bonds. The molecular weight excluding hydrogens is 288 g/mol. The van der Waals surface area contributed by atoms with Crippen LogP contribution in [0.3, 0.4) is 0 Å². The molecule has 0 radical (unpaired) electrons. The van der Waals surface area contributed by atoms with Crippen molar-refractivity contribution in [3.63, 3.8) is 0 Å². The molecule has 0 atom stereocenters. The van der Waals surface area contributed by atoms with Crippen LogP contribution in [0.4, 0.5) is 0 Å². The zero-order valence-corrected chi connectivity index (χ0v) is 14.8.